The molecule has 16 heavy (non-hydrogen) atoms. The molecule has 9 heteroatoms. The van der Waals surface area contributed by atoms with E-state index in [0.29, 0.717) is 0 Å². The first kappa shape index (κ1) is 19.1. The van der Waals surface area contributed by atoms with Crippen LogP contribution in [0.1, 0.15) is 6.92 Å². The molecule has 0 aliphatic heterocycles. The van der Waals surface area contributed by atoms with Gasteiger partial charge < -0.3 is 25.2 Å². The van der Waals surface area contributed by atoms with E-state index in [1.165, 1.54) is 6.92 Å². The molecule has 0 heterocycles. The van der Waals surface area contributed by atoms with E-state index in [2.05, 4.69) is 5.32 Å². The van der Waals surface area contributed by atoms with Crippen LogP contribution in [0.3, 0.4) is 0 Å². The average Bonchev–Trinajstić information content (AvgIpc) is 2.17. The minimum atomic E-state index is -4.94. The summed E-state index contributed by atoms with van der Waals surface area (Å²) in [7, 11) is -3.78. The summed E-state index contributed by atoms with van der Waals surface area (Å²) in [5.41, 5.74) is -1.67. The Labute approximate surface area is 117 Å². The zero-order valence-electron chi connectivity index (χ0n) is 9.60. The molecule has 0 fully saturated rings. The van der Waals surface area contributed by atoms with Crippen molar-refractivity contribution in [2.45, 2.75) is 11.8 Å². The van der Waals surface area contributed by atoms with Crippen molar-refractivity contribution in [3.8, 4) is 0 Å². The average molecular weight is 265 g/mol. The van der Waals surface area contributed by atoms with E-state index in [4.69, 9.17) is 15.3 Å². The first-order valence-corrected chi connectivity index (χ1v) is 5.62. The molecule has 0 amide bonds. The molecule has 0 aromatic carbocycles. The van der Waals surface area contributed by atoms with Crippen LogP contribution in [0.5, 0.6) is 0 Å². The van der Waals surface area contributed by atoms with Gasteiger partial charge in [-0.05, 0) is 7.05 Å². The molecular formula is C7H16NNaO6S. The van der Waals surface area contributed by atoms with E-state index in [-0.39, 0.29) is 29.6 Å². The van der Waals surface area contributed by atoms with Gasteiger partial charge in [-0.15, -0.1) is 0 Å². The maximum Gasteiger partial charge on any atom is 1.00 e. The molecule has 0 saturated heterocycles. The Morgan fingerprint density at radius 1 is 1.19 bits per heavy atom. The molecule has 0 aliphatic carbocycles. The fraction of sp³-hybridized carbons (Fsp3) is 1.00. The first-order chi connectivity index (χ1) is 6.74. The van der Waals surface area contributed by atoms with Crippen LogP contribution in [0.15, 0.2) is 0 Å². The van der Waals surface area contributed by atoms with Crippen molar-refractivity contribution in [2.24, 2.45) is 5.41 Å². The number of aliphatic hydroxyl groups excluding tert-OH is 3. The van der Waals surface area contributed by atoms with E-state index in [1.807, 2.05) is 0 Å². The smallest absolute Gasteiger partial charge is 0.746 e. The van der Waals surface area contributed by atoms with Crippen molar-refractivity contribution in [3.05, 3.63) is 0 Å². The van der Waals surface area contributed by atoms with Crippen LogP contribution in [-0.4, -0.2) is 60.0 Å². The number of hydrogen-bond acceptors (Lipinski definition) is 7. The van der Waals surface area contributed by atoms with E-state index in [1.54, 1.807) is 0 Å². The largest absolute Gasteiger partial charge is 1.00 e. The van der Waals surface area contributed by atoms with Gasteiger partial charge in [-0.3, -0.25) is 0 Å². The molecule has 4 N–H and O–H groups in total. The van der Waals surface area contributed by atoms with Crippen LogP contribution in [0.4, 0.5) is 0 Å². The number of hydrogen-bond donors (Lipinski definition) is 4. The number of nitrogens with one attached hydrogen (secondary N) is 1. The van der Waals surface area contributed by atoms with Gasteiger partial charge in [0.05, 0.1) is 19.8 Å². The van der Waals surface area contributed by atoms with Crippen molar-refractivity contribution in [1.82, 2.24) is 5.32 Å². The van der Waals surface area contributed by atoms with E-state index < -0.39 is 40.2 Å². The second kappa shape index (κ2) is 6.62. The Morgan fingerprint density at radius 3 is 1.62 bits per heavy atom. The third kappa shape index (κ3) is 2.95. The number of likely N-dealkylation sites (N-methyl/N-ethyl adjacent to an activating group) is 1. The molecular weight excluding hydrogens is 249 g/mol. The molecule has 0 saturated carbocycles. The second-order valence-corrected chi connectivity index (χ2v) is 5.17. The van der Waals surface area contributed by atoms with Crippen molar-refractivity contribution in [1.29, 1.82) is 0 Å². The normalized spacial score (nSPS) is 16.4. The fourth-order valence-electron chi connectivity index (χ4n) is 1.38. The molecule has 1 unspecified atom stereocenters. The van der Waals surface area contributed by atoms with Crippen LogP contribution in [0.25, 0.3) is 0 Å². The summed E-state index contributed by atoms with van der Waals surface area (Å²) >= 11 is 0. The maximum atomic E-state index is 11.1. The SMILES string of the molecule is CNC(CO)(C(C)(CO)CO)S(=O)(=O)[O-].[Na+]. The molecule has 0 aromatic heterocycles. The quantitative estimate of drug-likeness (QED) is 0.278. The third-order valence-corrected chi connectivity index (χ3v) is 4.41. The zero-order valence-corrected chi connectivity index (χ0v) is 12.4. The van der Waals surface area contributed by atoms with Gasteiger partial charge in [-0.1, -0.05) is 6.92 Å². The third-order valence-electron chi connectivity index (χ3n) is 2.73. The van der Waals surface area contributed by atoms with Gasteiger partial charge in [-0.25, -0.2) is 8.42 Å². The molecule has 0 radical (unpaired) electrons. The molecule has 1 atom stereocenters. The Hall–Kier alpha value is 0.750. The predicted octanol–water partition coefficient (Wildman–Crippen LogP) is -5.57. The van der Waals surface area contributed by atoms with Gasteiger partial charge in [-0.2, -0.15) is 0 Å². The van der Waals surface area contributed by atoms with E-state index in [9.17, 15) is 13.0 Å². The van der Waals surface area contributed by atoms with Gasteiger partial charge in [0, 0.05) is 5.41 Å². The minimum Gasteiger partial charge on any atom is -0.746 e. The Balaban J connectivity index is 0. The summed E-state index contributed by atoms with van der Waals surface area (Å²) in [6.07, 6.45) is 0. The Kier molecular flexibility index (Phi) is 7.90. The summed E-state index contributed by atoms with van der Waals surface area (Å²) in [6.45, 7) is -1.36. The van der Waals surface area contributed by atoms with Gasteiger partial charge >= 0.3 is 29.6 Å². The summed E-state index contributed by atoms with van der Waals surface area (Å²) in [5, 5.41) is 29.3. The summed E-state index contributed by atoms with van der Waals surface area (Å²) in [6, 6.07) is 0. The van der Waals surface area contributed by atoms with Crippen molar-refractivity contribution >= 4 is 10.1 Å². The van der Waals surface area contributed by atoms with Crippen LogP contribution in [-0.2, 0) is 10.1 Å². The monoisotopic (exact) mass is 265 g/mol. The molecule has 7 nitrogen and oxygen atoms in total. The summed E-state index contributed by atoms with van der Waals surface area (Å²) in [5.74, 6) is 0. The second-order valence-electron chi connectivity index (χ2n) is 3.57. The summed E-state index contributed by atoms with van der Waals surface area (Å²) in [4.78, 5) is -2.30. The van der Waals surface area contributed by atoms with Crippen molar-refractivity contribution < 1.29 is 57.8 Å². The Morgan fingerprint density at radius 2 is 1.56 bits per heavy atom. The summed E-state index contributed by atoms with van der Waals surface area (Å²) < 4.78 is 33.2. The molecule has 0 rings (SSSR count). The molecule has 0 spiro atoms. The fourth-order valence-corrected chi connectivity index (χ4v) is 2.52. The van der Waals surface area contributed by atoms with Crippen LogP contribution in [0.2, 0.25) is 0 Å². The van der Waals surface area contributed by atoms with E-state index in [0.717, 1.165) is 7.05 Å². The van der Waals surface area contributed by atoms with Gasteiger partial charge in [0.1, 0.15) is 15.0 Å². The number of rotatable bonds is 6. The van der Waals surface area contributed by atoms with Crippen LogP contribution >= 0.6 is 0 Å². The standard InChI is InChI=1S/C7H17NO6S.Na/c1-6(3-9,4-10)7(5-11,8-2)15(12,13)14;/h8-11H,3-5H2,1-2H3,(H,12,13,14);/q;+1/p-1. The molecule has 0 bridgehead atoms. The van der Waals surface area contributed by atoms with Gasteiger partial charge in [0.15, 0.2) is 0 Å². The molecule has 92 valence electrons. The minimum absolute atomic E-state index is 0. The van der Waals surface area contributed by atoms with Crippen molar-refractivity contribution in [2.75, 3.05) is 26.9 Å². The maximum absolute atomic E-state index is 11.1. The first-order valence-electron chi connectivity index (χ1n) is 4.21. The zero-order chi connectivity index (χ0) is 12.3. The Bertz CT molecular complexity index is 298. The van der Waals surface area contributed by atoms with Crippen molar-refractivity contribution in [3.63, 3.8) is 0 Å². The van der Waals surface area contributed by atoms with Crippen LogP contribution in [0, 0.1) is 5.41 Å². The van der Waals surface area contributed by atoms with E-state index >= 15 is 0 Å². The topological polar surface area (TPSA) is 130 Å². The molecule has 0 aromatic rings. The van der Waals surface area contributed by atoms with Gasteiger partial charge in [0.25, 0.3) is 0 Å². The van der Waals surface area contributed by atoms with Crippen LogP contribution < -0.4 is 34.9 Å². The number of aliphatic hydroxyl groups is 3. The molecule has 0 aliphatic rings. The van der Waals surface area contributed by atoms with Gasteiger partial charge in [0.2, 0.25) is 0 Å². The predicted molar refractivity (Wildman–Crippen MR) is 50.9 cm³/mol.